The minimum absolute atomic E-state index is 0.00536. The topological polar surface area (TPSA) is 185 Å². The zero-order valence-electron chi connectivity index (χ0n) is 35.9. The summed E-state index contributed by atoms with van der Waals surface area (Å²) in [6, 6.07) is 12.9. The van der Waals surface area contributed by atoms with Gasteiger partial charge in [0.25, 0.3) is 0 Å². The van der Waals surface area contributed by atoms with E-state index in [1.165, 1.54) is 14.2 Å². The van der Waals surface area contributed by atoms with E-state index in [1.54, 1.807) is 14.2 Å². The lowest BCUT2D eigenvalue weighted by Gasteiger charge is -2.41. The van der Waals surface area contributed by atoms with Gasteiger partial charge in [-0.15, -0.1) is 0 Å². The van der Waals surface area contributed by atoms with E-state index in [2.05, 4.69) is 63.6 Å². The number of nitrogens with zero attached hydrogens (tertiary/aromatic N) is 4. The number of ether oxygens (including phenoxy) is 5. The number of amides is 3. The highest BCUT2D eigenvalue weighted by Crippen LogP contribution is 2.45. The molecule has 0 aliphatic carbocycles. The van der Waals surface area contributed by atoms with E-state index in [4.69, 9.17) is 33.7 Å². The van der Waals surface area contributed by atoms with Crippen molar-refractivity contribution < 1.29 is 38.1 Å². The van der Waals surface area contributed by atoms with Crippen molar-refractivity contribution in [3.05, 3.63) is 78.3 Å². The van der Waals surface area contributed by atoms with Crippen LogP contribution in [0.25, 0.3) is 44.2 Å². The molecule has 6 heterocycles. The molecule has 8 atom stereocenters. The molecule has 16 nitrogen and oxygen atoms in total. The molecule has 2 aromatic heterocycles. The summed E-state index contributed by atoms with van der Waals surface area (Å²) in [6.07, 6.45) is 3.93. The Bertz CT molecular complexity index is 2550. The molecular formula is C46H54N8O8. The van der Waals surface area contributed by atoms with Crippen LogP contribution in [0.15, 0.2) is 61.1 Å². The van der Waals surface area contributed by atoms with Gasteiger partial charge in [-0.1, -0.05) is 25.1 Å². The lowest BCUT2D eigenvalue weighted by molar-refractivity contribution is -0.142. The van der Waals surface area contributed by atoms with Gasteiger partial charge in [0, 0.05) is 43.7 Å². The summed E-state index contributed by atoms with van der Waals surface area (Å²) in [5.74, 6) is 2.39. The summed E-state index contributed by atoms with van der Waals surface area (Å²) in [6.45, 7) is 9.13. The monoisotopic (exact) mass is 846 g/mol. The summed E-state index contributed by atoms with van der Waals surface area (Å²) in [7, 11) is 6.06. The molecule has 0 bridgehead atoms. The van der Waals surface area contributed by atoms with Gasteiger partial charge in [0.05, 0.1) is 61.9 Å². The van der Waals surface area contributed by atoms with E-state index in [1.807, 2.05) is 35.9 Å². The van der Waals surface area contributed by atoms with E-state index in [0.717, 1.165) is 80.6 Å². The Hall–Kier alpha value is -6.13. The van der Waals surface area contributed by atoms with Crippen molar-refractivity contribution in [2.24, 2.45) is 11.8 Å². The molecule has 62 heavy (non-hydrogen) atoms. The maximum Gasteiger partial charge on any atom is 0.407 e. The minimum atomic E-state index is -0.718. The van der Waals surface area contributed by atoms with Gasteiger partial charge in [0.15, 0.2) is 5.88 Å². The smallest absolute Gasteiger partial charge is 0.407 e. The van der Waals surface area contributed by atoms with Crippen LogP contribution >= 0.6 is 0 Å². The number of alkyl carbamates (subject to hydrolysis) is 1. The summed E-state index contributed by atoms with van der Waals surface area (Å²) in [5.41, 5.74) is 6.62. The number of nitrogens with one attached hydrogen (secondary N) is 4. The van der Waals surface area contributed by atoms with Gasteiger partial charge < -0.3 is 54.1 Å². The lowest BCUT2D eigenvalue weighted by Crippen LogP contribution is -2.58. The van der Waals surface area contributed by atoms with Crippen molar-refractivity contribution in [3.8, 4) is 28.1 Å². The van der Waals surface area contributed by atoms with E-state index < -0.39 is 24.3 Å². The van der Waals surface area contributed by atoms with Gasteiger partial charge in [-0.05, 0) is 91.4 Å². The molecule has 326 valence electrons. The molecule has 1 unspecified atom stereocenters. The fourth-order valence-electron chi connectivity index (χ4n) is 10.1. The number of aromatic amines is 2. The van der Waals surface area contributed by atoms with Crippen LogP contribution in [0.3, 0.4) is 0 Å². The number of fused-ring (bicyclic) bond motifs is 7. The average Bonchev–Trinajstić information content (AvgIpc) is 4.11. The Morgan fingerprint density at radius 2 is 1.84 bits per heavy atom. The van der Waals surface area contributed by atoms with E-state index in [-0.39, 0.29) is 47.7 Å². The number of piperidine rings is 1. The Morgan fingerprint density at radius 3 is 2.61 bits per heavy atom. The lowest BCUT2D eigenvalue weighted by atomic mass is 9.88. The first-order chi connectivity index (χ1) is 30.0. The zero-order chi connectivity index (χ0) is 43.4. The average molecular weight is 847 g/mol. The molecule has 3 aromatic carbocycles. The summed E-state index contributed by atoms with van der Waals surface area (Å²) in [5, 5.41) is 7.81. The van der Waals surface area contributed by atoms with Crippen LogP contribution in [0.2, 0.25) is 0 Å². The third kappa shape index (κ3) is 7.27. The van der Waals surface area contributed by atoms with Crippen molar-refractivity contribution in [2.45, 2.75) is 82.5 Å². The Labute approximate surface area is 359 Å². The van der Waals surface area contributed by atoms with Crippen LogP contribution in [-0.2, 0) is 35.1 Å². The van der Waals surface area contributed by atoms with Crippen LogP contribution in [0.5, 0.6) is 5.75 Å². The van der Waals surface area contributed by atoms with Crippen LogP contribution in [-0.4, -0.2) is 113 Å². The van der Waals surface area contributed by atoms with Gasteiger partial charge in [-0.25, -0.2) is 14.8 Å². The predicted molar refractivity (Wildman–Crippen MR) is 231 cm³/mol. The molecule has 0 radical (unpaired) electrons. The van der Waals surface area contributed by atoms with E-state index in [9.17, 15) is 14.4 Å². The number of hydrogen-bond acceptors (Lipinski definition) is 11. The molecule has 3 saturated heterocycles. The number of imidazole rings is 2. The number of likely N-dealkylation sites (tertiary alicyclic amines) is 1. The number of H-pyrrole nitrogens is 2. The maximum absolute atomic E-state index is 14.2. The highest BCUT2D eigenvalue weighted by molar-refractivity contribution is 6.07. The highest BCUT2D eigenvalue weighted by Gasteiger charge is 2.48. The molecule has 3 amide bonds. The van der Waals surface area contributed by atoms with Crippen molar-refractivity contribution in [1.29, 1.82) is 0 Å². The molecule has 5 aromatic rings. The second-order valence-electron chi connectivity index (χ2n) is 17.1. The molecule has 0 spiro atoms. The molecule has 0 saturated carbocycles. The van der Waals surface area contributed by atoms with E-state index >= 15 is 0 Å². The SMILES string of the molecule is C=C(N[C@H](C(=O)N1C[C@@H](COC)C[C@H]1c1nc2c(ccc3cc4c(cc32)OCc2cc(-c3cnc([C@@H]5CC[C@@H]6CC(C)[C@H](NC(=O)OC)C(=O)N65)[nH]3)ccc2-4)[nH]1)[C@@H](C)OC)OC. The molecule has 4 aliphatic heterocycles. The fraction of sp³-hybridized carbons (Fsp3) is 0.457. The second kappa shape index (κ2) is 16.6. The van der Waals surface area contributed by atoms with Crippen LogP contribution in [0.1, 0.15) is 68.8 Å². The van der Waals surface area contributed by atoms with Crippen molar-refractivity contribution in [1.82, 2.24) is 40.4 Å². The largest absolute Gasteiger partial charge is 0.488 e. The first kappa shape index (κ1) is 41.2. The number of benzene rings is 3. The minimum Gasteiger partial charge on any atom is -0.488 e. The number of carbonyl (C=O) groups is 3. The number of methoxy groups -OCH3 is 4. The summed E-state index contributed by atoms with van der Waals surface area (Å²) < 4.78 is 27.7. The van der Waals surface area contributed by atoms with Gasteiger partial charge >= 0.3 is 6.09 Å². The number of aromatic nitrogens is 4. The summed E-state index contributed by atoms with van der Waals surface area (Å²) in [4.78, 5) is 60.8. The number of rotatable bonds is 12. The quantitative estimate of drug-likeness (QED) is 0.106. The van der Waals surface area contributed by atoms with Gasteiger partial charge in [-0.2, -0.15) is 0 Å². The van der Waals surface area contributed by atoms with Crippen LogP contribution in [0.4, 0.5) is 4.79 Å². The fourth-order valence-corrected chi connectivity index (χ4v) is 10.1. The molecule has 16 heteroatoms. The molecule has 9 rings (SSSR count). The number of carbonyl (C=O) groups excluding carboxylic acids is 3. The Balaban J connectivity index is 0.973. The van der Waals surface area contributed by atoms with E-state index in [0.29, 0.717) is 32.0 Å². The Morgan fingerprint density at radius 1 is 1.00 bits per heavy atom. The second-order valence-corrected chi connectivity index (χ2v) is 17.1. The third-order valence-corrected chi connectivity index (χ3v) is 13.3. The first-order valence-corrected chi connectivity index (χ1v) is 21.3. The van der Waals surface area contributed by atoms with Gasteiger partial charge in [0.2, 0.25) is 11.8 Å². The van der Waals surface area contributed by atoms with Crippen LogP contribution in [0, 0.1) is 11.8 Å². The van der Waals surface area contributed by atoms with Crippen LogP contribution < -0.4 is 15.4 Å². The standard InChI is InChI=1S/C46H54N8O8/c1-23-14-30-10-13-36(54(30)45(56)39(23)52-46(57)61-7)42-47-19-35(50-42)28-8-11-31-29(16-28)22-62-38-18-32-27(17-33(31)38)9-12-34-41(32)51-43(49-34)37-15-26(21-58-4)20-53(37)44(55)40(24(2)59-5)48-25(3)60-6/h8-9,11-12,16-19,23-24,26,30,36-37,39-40,48H,3,10,13-15,20-22H2,1-2,4-7H3,(H,47,50)(H,49,51)(H,52,57)/t23?,24-,26+,30-,36+,37+,39+,40+/m1/s1. The van der Waals surface area contributed by atoms with Crippen molar-refractivity contribution >= 4 is 39.7 Å². The molecule has 4 N–H and O–H groups in total. The Kier molecular flexibility index (Phi) is 11.1. The van der Waals surface area contributed by atoms with Crippen molar-refractivity contribution in [2.75, 3.05) is 41.6 Å². The number of hydrogen-bond donors (Lipinski definition) is 4. The van der Waals surface area contributed by atoms with Gasteiger partial charge in [0.1, 0.15) is 36.1 Å². The predicted octanol–water partition coefficient (Wildman–Crippen LogP) is 6.11. The third-order valence-electron chi connectivity index (χ3n) is 13.3. The normalized spacial score (nSPS) is 23.9. The molecule has 4 aliphatic rings. The first-order valence-electron chi connectivity index (χ1n) is 21.3. The van der Waals surface area contributed by atoms with Crippen molar-refractivity contribution in [3.63, 3.8) is 0 Å². The maximum atomic E-state index is 14.2. The van der Waals surface area contributed by atoms with Gasteiger partial charge in [-0.3, -0.25) is 9.59 Å². The molecule has 3 fully saturated rings. The molecular weight excluding hydrogens is 793 g/mol. The highest BCUT2D eigenvalue weighted by atomic mass is 16.5. The summed E-state index contributed by atoms with van der Waals surface area (Å²) >= 11 is 0. The zero-order valence-corrected chi connectivity index (χ0v) is 35.9.